The van der Waals surface area contributed by atoms with Gasteiger partial charge in [0, 0.05) is 12.0 Å². The quantitative estimate of drug-likeness (QED) is 0.598. The van der Waals surface area contributed by atoms with Crippen molar-refractivity contribution in [1.29, 1.82) is 0 Å². The van der Waals surface area contributed by atoms with Crippen molar-refractivity contribution in [2.45, 2.75) is 45.7 Å². The van der Waals surface area contributed by atoms with Crippen LogP contribution in [-0.4, -0.2) is 29.2 Å². The zero-order chi connectivity index (χ0) is 11.4. The van der Waals surface area contributed by atoms with Gasteiger partial charge in [0.1, 0.15) is 0 Å². The molecule has 84 valence electrons. The average molecular weight is 202 g/mol. The third kappa shape index (κ3) is 5.94. The number of rotatable bonds is 5. The summed E-state index contributed by atoms with van der Waals surface area (Å²) in [6, 6.07) is -0.176. The Morgan fingerprint density at radius 1 is 1.50 bits per heavy atom. The summed E-state index contributed by atoms with van der Waals surface area (Å²) in [5.74, 6) is 0.120. The maximum absolute atomic E-state index is 11.4. The van der Waals surface area contributed by atoms with E-state index in [9.17, 15) is 4.79 Å². The first-order valence-electron chi connectivity index (χ1n) is 4.95. The van der Waals surface area contributed by atoms with Gasteiger partial charge in [0.05, 0.1) is 12.6 Å². The molecule has 0 saturated carbocycles. The van der Waals surface area contributed by atoms with Gasteiger partial charge < -0.3 is 16.2 Å². The van der Waals surface area contributed by atoms with E-state index in [0.717, 1.165) is 0 Å². The Balaban J connectivity index is 4.04. The van der Waals surface area contributed by atoms with Gasteiger partial charge in [-0.05, 0) is 19.8 Å². The van der Waals surface area contributed by atoms with E-state index in [0.29, 0.717) is 0 Å². The highest BCUT2D eigenvalue weighted by Gasteiger charge is 2.20. The smallest absolute Gasteiger partial charge is 0.222 e. The largest absolute Gasteiger partial charge is 0.394 e. The maximum Gasteiger partial charge on any atom is 0.222 e. The minimum Gasteiger partial charge on any atom is -0.394 e. The average Bonchev–Trinajstić information content (AvgIpc) is 1.96. The molecule has 0 aliphatic heterocycles. The monoisotopic (exact) mass is 202 g/mol. The van der Waals surface area contributed by atoms with Crippen LogP contribution in [0.1, 0.15) is 34.1 Å². The van der Waals surface area contributed by atoms with E-state index >= 15 is 0 Å². The van der Waals surface area contributed by atoms with Crippen molar-refractivity contribution in [2.24, 2.45) is 11.7 Å². The molecule has 0 saturated heterocycles. The molecule has 0 aromatic heterocycles. The van der Waals surface area contributed by atoms with Crippen LogP contribution in [0.4, 0.5) is 0 Å². The number of aliphatic hydroxyl groups is 1. The van der Waals surface area contributed by atoms with E-state index in [-0.39, 0.29) is 30.9 Å². The first-order valence-corrected chi connectivity index (χ1v) is 4.95. The fourth-order valence-electron chi connectivity index (χ4n) is 1.09. The Morgan fingerprint density at radius 2 is 2.00 bits per heavy atom. The second-order valence-electron chi connectivity index (χ2n) is 4.77. The Morgan fingerprint density at radius 3 is 2.29 bits per heavy atom. The molecule has 1 amide bonds. The minimum atomic E-state index is -0.499. The first-order chi connectivity index (χ1) is 6.26. The predicted octanol–water partition coefficient (Wildman–Crippen LogP) is 0.247. The molecule has 0 radical (unpaired) electrons. The molecule has 0 aromatic rings. The fourth-order valence-corrected chi connectivity index (χ4v) is 1.09. The van der Waals surface area contributed by atoms with Gasteiger partial charge >= 0.3 is 0 Å². The van der Waals surface area contributed by atoms with Crippen molar-refractivity contribution in [3.05, 3.63) is 0 Å². The number of carbonyl (C=O) groups is 1. The van der Waals surface area contributed by atoms with E-state index in [1.54, 1.807) is 13.8 Å². The molecule has 14 heavy (non-hydrogen) atoms. The van der Waals surface area contributed by atoms with Gasteiger partial charge in [-0.3, -0.25) is 4.79 Å². The van der Waals surface area contributed by atoms with E-state index in [1.807, 2.05) is 13.8 Å². The molecule has 0 spiro atoms. The minimum absolute atomic E-state index is 0.0333. The molecule has 0 aromatic carbocycles. The molecule has 0 bridgehead atoms. The summed E-state index contributed by atoms with van der Waals surface area (Å²) < 4.78 is 0. The summed E-state index contributed by atoms with van der Waals surface area (Å²) in [6.45, 7) is 7.48. The van der Waals surface area contributed by atoms with Gasteiger partial charge in [-0.2, -0.15) is 0 Å². The van der Waals surface area contributed by atoms with Crippen molar-refractivity contribution in [3.8, 4) is 0 Å². The molecular formula is C10H22N2O2. The lowest BCUT2D eigenvalue weighted by Crippen LogP contribution is -2.45. The number of carbonyl (C=O) groups excluding carboxylic acids is 1. The molecule has 4 nitrogen and oxygen atoms in total. The lowest BCUT2D eigenvalue weighted by atomic mass is 10.0. The normalized spacial score (nSPS) is 14.2. The molecule has 0 fully saturated rings. The number of hydrogen-bond acceptors (Lipinski definition) is 3. The van der Waals surface area contributed by atoms with Gasteiger partial charge in [0.15, 0.2) is 0 Å². The van der Waals surface area contributed by atoms with Gasteiger partial charge in [-0.15, -0.1) is 0 Å². The van der Waals surface area contributed by atoms with Gasteiger partial charge in [-0.1, -0.05) is 13.8 Å². The summed E-state index contributed by atoms with van der Waals surface area (Å²) in [5.41, 5.74) is 5.21. The van der Waals surface area contributed by atoms with Gasteiger partial charge in [-0.25, -0.2) is 0 Å². The summed E-state index contributed by atoms with van der Waals surface area (Å²) >= 11 is 0. The van der Waals surface area contributed by atoms with Crippen molar-refractivity contribution >= 4 is 5.91 Å². The number of nitrogens with two attached hydrogens (primary N) is 1. The molecule has 0 aliphatic carbocycles. The van der Waals surface area contributed by atoms with E-state index in [2.05, 4.69) is 5.32 Å². The molecule has 0 rings (SSSR count). The van der Waals surface area contributed by atoms with Gasteiger partial charge in [0.25, 0.3) is 0 Å². The Bertz CT molecular complexity index is 185. The molecule has 1 atom stereocenters. The SMILES string of the molecule is CC(C)C(CO)NC(=O)CC(C)(C)N. The number of amides is 1. The highest BCUT2D eigenvalue weighted by Crippen LogP contribution is 2.05. The van der Waals surface area contributed by atoms with Crippen LogP contribution >= 0.6 is 0 Å². The second-order valence-corrected chi connectivity index (χ2v) is 4.77. The Hall–Kier alpha value is -0.610. The summed E-state index contributed by atoms with van der Waals surface area (Å²) in [6.07, 6.45) is 0.274. The molecule has 4 heteroatoms. The third-order valence-electron chi connectivity index (χ3n) is 1.96. The lowest BCUT2D eigenvalue weighted by Gasteiger charge is -2.23. The first kappa shape index (κ1) is 13.4. The number of aliphatic hydroxyl groups excluding tert-OH is 1. The van der Waals surface area contributed by atoms with Crippen LogP contribution in [0.15, 0.2) is 0 Å². The summed E-state index contributed by atoms with van der Waals surface area (Å²) in [5, 5.41) is 11.8. The van der Waals surface area contributed by atoms with Crippen LogP contribution in [0, 0.1) is 5.92 Å². The Labute approximate surface area is 85.9 Å². The van der Waals surface area contributed by atoms with Crippen LogP contribution in [0.3, 0.4) is 0 Å². The molecule has 1 unspecified atom stereocenters. The molecular weight excluding hydrogens is 180 g/mol. The standard InChI is InChI=1S/C10H22N2O2/c1-7(2)8(6-13)12-9(14)5-10(3,4)11/h7-8,13H,5-6,11H2,1-4H3,(H,12,14). The highest BCUT2D eigenvalue weighted by molar-refractivity contribution is 5.77. The van der Waals surface area contributed by atoms with Crippen LogP contribution in [0.25, 0.3) is 0 Å². The summed E-state index contributed by atoms with van der Waals surface area (Å²) in [7, 11) is 0. The number of nitrogens with one attached hydrogen (secondary N) is 1. The van der Waals surface area contributed by atoms with Crippen molar-refractivity contribution in [3.63, 3.8) is 0 Å². The van der Waals surface area contributed by atoms with Crippen molar-refractivity contribution in [2.75, 3.05) is 6.61 Å². The van der Waals surface area contributed by atoms with Crippen LogP contribution in [0.5, 0.6) is 0 Å². The third-order valence-corrected chi connectivity index (χ3v) is 1.96. The predicted molar refractivity (Wildman–Crippen MR) is 56.7 cm³/mol. The van der Waals surface area contributed by atoms with Crippen LogP contribution in [0.2, 0.25) is 0 Å². The van der Waals surface area contributed by atoms with E-state index in [4.69, 9.17) is 10.8 Å². The molecule has 0 aliphatic rings. The number of hydrogen-bond donors (Lipinski definition) is 3. The van der Waals surface area contributed by atoms with Crippen molar-refractivity contribution in [1.82, 2.24) is 5.32 Å². The second kappa shape index (κ2) is 5.32. The summed E-state index contributed by atoms with van der Waals surface area (Å²) in [4.78, 5) is 11.4. The van der Waals surface area contributed by atoms with Crippen LogP contribution < -0.4 is 11.1 Å². The molecule has 4 N–H and O–H groups in total. The fraction of sp³-hybridized carbons (Fsp3) is 0.900. The van der Waals surface area contributed by atoms with E-state index in [1.165, 1.54) is 0 Å². The maximum atomic E-state index is 11.4. The zero-order valence-electron chi connectivity index (χ0n) is 9.50. The molecule has 0 heterocycles. The van der Waals surface area contributed by atoms with Crippen molar-refractivity contribution < 1.29 is 9.90 Å². The highest BCUT2D eigenvalue weighted by atomic mass is 16.3. The van der Waals surface area contributed by atoms with Gasteiger partial charge in [0.2, 0.25) is 5.91 Å². The van der Waals surface area contributed by atoms with E-state index < -0.39 is 5.54 Å². The topological polar surface area (TPSA) is 75.3 Å². The zero-order valence-corrected chi connectivity index (χ0v) is 9.50. The van der Waals surface area contributed by atoms with Crippen LogP contribution in [-0.2, 0) is 4.79 Å². The Kier molecular flexibility index (Phi) is 5.08. The lowest BCUT2D eigenvalue weighted by molar-refractivity contribution is -0.123.